The average Bonchev–Trinajstić information content (AvgIpc) is 2.38. The van der Waals surface area contributed by atoms with Crippen LogP contribution < -0.4 is 10.9 Å². The summed E-state index contributed by atoms with van der Waals surface area (Å²) < 4.78 is 25.7. The van der Waals surface area contributed by atoms with Gasteiger partial charge < -0.3 is 4.98 Å². The molecule has 0 spiro atoms. The van der Waals surface area contributed by atoms with Crippen LogP contribution in [0.25, 0.3) is 0 Å². The summed E-state index contributed by atoms with van der Waals surface area (Å²) in [6, 6.07) is 1.27. The monoisotopic (exact) mass is 299 g/mol. The van der Waals surface area contributed by atoms with Crippen LogP contribution in [-0.2, 0) is 19.6 Å². The van der Waals surface area contributed by atoms with Crippen molar-refractivity contribution in [2.75, 3.05) is 6.54 Å². The van der Waals surface area contributed by atoms with Gasteiger partial charge in [-0.15, -0.1) is 0 Å². The molecule has 1 aliphatic heterocycles. The van der Waals surface area contributed by atoms with Gasteiger partial charge in [-0.1, -0.05) is 6.92 Å². The molecular formula is C11H13N3O5S. The third-order valence-corrected chi connectivity index (χ3v) is 4.81. The van der Waals surface area contributed by atoms with Crippen molar-refractivity contribution in [1.82, 2.24) is 14.6 Å². The number of aromatic nitrogens is 1. The van der Waals surface area contributed by atoms with Crippen LogP contribution in [0.15, 0.2) is 28.0 Å². The van der Waals surface area contributed by atoms with E-state index in [0.29, 0.717) is 0 Å². The predicted octanol–water partition coefficient (Wildman–Crippen LogP) is -1.20. The first-order valence-electron chi connectivity index (χ1n) is 5.90. The minimum absolute atomic E-state index is 0.168. The van der Waals surface area contributed by atoms with Gasteiger partial charge in [-0.25, -0.2) is 8.42 Å². The van der Waals surface area contributed by atoms with Crippen molar-refractivity contribution >= 4 is 21.8 Å². The van der Waals surface area contributed by atoms with Crippen LogP contribution in [0.4, 0.5) is 0 Å². The number of aromatic amines is 1. The Balaban J connectivity index is 2.45. The van der Waals surface area contributed by atoms with Gasteiger partial charge in [0.2, 0.25) is 27.4 Å². The molecular weight excluding hydrogens is 286 g/mol. The van der Waals surface area contributed by atoms with Crippen molar-refractivity contribution in [3.63, 3.8) is 0 Å². The molecule has 0 aromatic carbocycles. The summed E-state index contributed by atoms with van der Waals surface area (Å²) in [7, 11) is -4.02. The molecule has 1 aromatic heterocycles. The minimum atomic E-state index is -4.02. The summed E-state index contributed by atoms with van der Waals surface area (Å²) in [6.07, 6.45) is 1.28. The third-order valence-electron chi connectivity index (χ3n) is 2.96. The first kappa shape index (κ1) is 14.4. The smallest absolute Gasteiger partial charge is 0.247 e. The second kappa shape index (κ2) is 5.17. The van der Waals surface area contributed by atoms with Crippen LogP contribution >= 0.6 is 0 Å². The van der Waals surface area contributed by atoms with Crippen molar-refractivity contribution < 1.29 is 18.0 Å². The average molecular weight is 299 g/mol. The lowest BCUT2D eigenvalue weighted by Gasteiger charge is -2.32. The lowest BCUT2D eigenvalue weighted by Crippen LogP contribution is -2.59. The molecule has 0 bridgehead atoms. The number of carbonyl (C=O) groups excluding carboxylic acids is 2. The van der Waals surface area contributed by atoms with Gasteiger partial charge >= 0.3 is 0 Å². The fraction of sp³-hybridized carbons (Fsp3) is 0.364. The molecule has 2 amide bonds. The number of hydrogen-bond acceptors (Lipinski definition) is 5. The number of rotatable bonds is 3. The summed E-state index contributed by atoms with van der Waals surface area (Å²) in [6.45, 7) is 1.22. The van der Waals surface area contributed by atoms with Gasteiger partial charge in [0.25, 0.3) is 0 Å². The third kappa shape index (κ3) is 2.49. The molecule has 1 atom stereocenters. The molecule has 108 valence electrons. The fourth-order valence-electron chi connectivity index (χ4n) is 1.98. The van der Waals surface area contributed by atoms with Crippen molar-refractivity contribution in [2.45, 2.75) is 24.3 Å². The second-order valence-corrected chi connectivity index (χ2v) is 6.17. The molecule has 0 aliphatic carbocycles. The van der Waals surface area contributed by atoms with Crippen LogP contribution in [-0.4, -0.2) is 42.1 Å². The molecule has 0 saturated carbocycles. The molecule has 1 aromatic rings. The van der Waals surface area contributed by atoms with Gasteiger partial charge in [0.1, 0.15) is 6.04 Å². The Morgan fingerprint density at radius 2 is 2.00 bits per heavy atom. The van der Waals surface area contributed by atoms with Crippen molar-refractivity contribution in [3.8, 4) is 0 Å². The summed E-state index contributed by atoms with van der Waals surface area (Å²) >= 11 is 0. The number of pyridine rings is 1. The van der Waals surface area contributed by atoms with E-state index >= 15 is 0 Å². The molecule has 2 N–H and O–H groups in total. The Morgan fingerprint density at radius 3 is 2.55 bits per heavy atom. The van der Waals surface area contributed by atoms with Gasteiger partial charge in [0, 0.05) is 12.3 Å². The zero-order valence-electron chi connectivity index (χ0n) is 10.6. The molecule has 1 aliphatic rings. The van der Waals surface area contributed by atoms with Gasteiger partial charge in [0.05, 0.1) is 11.4 Å². The van der Waals surface area contributed by atoms with E-state index in [4.69, 9.17) is 0 Å². The van der Waals surface area contributed by atoms with E-state index in [1.165, 1.54) is 0 Å². The number of nitrogens with one attached hydrogen (secondary N) is 2. The Labute approximate surface area is 114 Å². The van der Waals surface area contributed by atoms with E-state index in [1.807, 2.05) is 0 Å². The highest BCUT2D eigenvalue weighted by atomic mass is 32.2. The molecule has 1 saturated heterocycles. The number of piperazine rings is 1. The number of amides is 2. The highest BCUT2D eigenvalue weighted by molar-refractivity contribution is 7.89. The van der Waals surface area contributed by atoms with E-state index < -0.39 is 40.0 Å². The van der Waals surface area contributed by atoms with Crippen molar-refractivity contribution in [3.05, 3.63) is 28.7 Å². The number of imide groups is 1. The predicted molar refractivity (Wildman–Crippen MR) is 68.2 cm³/mol. The van der Waals surface area contributed by atoms with Crippen LogP contribution in [0, 0.1) is 0 Å². The number of H-pyrrole nitrogens is 1. The van der Waals surface area contributed by atoms with Crippen molar-refractivity contribution in [1.29, 1.82) is 0 Å². The summed E-state index contributed by atoms with van der Waals surface area (Å²) in [5.74, 6) is -1.32. The van der Waals surface area contributed by atoms with Crippen LogP contribution in [0.1, 0.15) is 13.3 Å². The molecule has 2 heterocycles. The topological polar surface area (TPSA) is 116 Å². The van der Waals surface area contributed by atoms with Gasteiger partial charge in [-0.2, -0.15) is 4.31 Å². The zero-order chi connectivity index (χ0) is 14.9. The second-order valence-electron chi connectivity index (χ2n) is 4.28. The Kier molecular flexibility index (Phi) is 3.73. The van der Waals surface area contributed by atoms with Gasteiger partial charge in [-0.3, -0.25) is 19.7 Å². The van der Waals surface area contributed by atoms with Gasteiger partial charge in [-0.05, 0) is 12.5 Å². The van der Waals surface area contributed by atoms with Gasteiger partial charge in [0.15, 0.2) is 0 Å². The molecule has 8 nitrogen and oxygen atoms in total. The number of carbonyl (C=O) groups is 2. The standard InChI is InChI=1S/C11H13N3O5S/c1-2-8-11(17)13-10(16)6-14(8)20(18,19)7-3-4-9(15)12-5-7/h3-5,8H,2,6H2,1H3,(H,12,15)(H,13,16,17). The largest absolute Gasteiger partial charge is 0.328 e. The SMILES string of the molecule is CCC1C(=O)NC(=O)CN1S(=O)(=O)c1ccc(=O)[nH]c1. The highest BCUT2D eigenvalue weighted by Gasteiger charge is 2.40. The van der Waals surface area contributed by atoms with Crippen LogP contribution in [0.2, 0.25) is 0 Å². The molecule has 9 heteroatoms. The molecule has 0 radical (unpaired) electrons. The maximum Gasteiger partial charge on any atom is 0.247 e. The molecule has 1 fully saturated rings. The fourth-order valence-corrected chi connectivity index (χ4v) is 3.56. The number of nitrogens with zero attached hydrogens (tertiary/aromatic N) is 1. The van der Waals surface area contributed by atoms with Crippen molar-refractivity contribution in [2.24, 2.45) is 0 Å². The number of hydrogen-bond donors (Lipinski definition) is 2. The normalized spacial score (nSPS) is 20.8. The summed E-state index contributed by atoms with van der Waals surface area (Å²) in [4.78, 5) is 36.1. The lowest BCUT2D eigenvalue weighted by molar-refractivity contribution is -0.137. The quantitative estimate of drug-likeness (QED) is 0.680. The van der Waals surface area contributed by atoms with E-state index in [1.54, 1.807) is 6.92 Å². The zero-order valence-corrected chi connectivity index (χ0v) is 11.4. The molecule has 20 heavy (non-hydrogen) atoms. The highest BCUT2D eigenvalue weighted by Crippen LogP contribution is 2.20. The van der Waals surface area contributed by atoms with Crippen LogP contribution in [0.5, 0.6) is 0 Å². The summed E-state index contributed by atoms with van der Waals surface area (Å²) in [5.41, 5.74) is -0.441. The minimum Gasteiger partial charge on any atom is -0.328 e. The van der Waals surface area contributed by atoms with E-state index in [-0.39, 0.29) is 11.3 Å². The maximum atomic E-state index is 12.4. The first-order chi connectivity index (χ1) is 9.36. The lowest BCUT2D eigenvalue weighted by atomic mass is 10.2. The van der Waals surface area contributed by atoms with Crippen LogP contribution in [0.3, 0.4) is 0 Å². The van der Waals surface area contributed by atoms with E-state index in [0.717, 1.165) is 22.6 Å². The Morgan fingerprint density at radius 1 is 1.30 bits per heavy atom. The maximum absolute atomic E-state index is 12.4. The number of sulfonamides is 1. The molecule has 1 unspecified atom stereocenters. The Hall–Kier alpha value is -2.00. The van der Waals surface area contributed by atoms with E-state index in [2.05, 4.69) is 10.3 Å². The first-order valence-corrected chi connectivity index (χ1v) is 7.34. The van der Waals surface area contributed by atoms with E-state index in [9.17, 15) is 22.8 Å². The Bertz CT molecular complexity index is 689. The summed E-state index contributed by atoms with van der Waals surface area (Å²) in [5, 5.41) is 2.10. The molecule has 2 rings (SSSR count).